The van der Waals surface area contributed by atoms with Crippen LogP contribution in [0.5, 0.6) is 0 Å². The highest BCUT2D eigenvalue weighted by Crippen LogP contribution is 2.22. The topological polar surface area (TPSA) is 43.4 Å². The Balaban J connectivity index is 1.90. The number of carbonyl (C=O) groups excluding carboxylic acids is 2. The van der Waals surface area contributed by atoms with Crippen LogP contribution in [-0.2, 0) is 9.53 Å². The molecule has 0 aliphatic heterocycles. The lowest BCUT2D eigenvalue weighted by Crippen LogP contribution is -2.12. The van der Waals surface area contributed by atoms with E-state index in [4.69, 9.17) is 27.9 Å². The van der Waals surface area contributed by atoms with Crippen LogP contribution in [0.1, 0.15) is 47.7 Å². The van der Waals surface area contributed by atoms with Gasteiger partial charge in [0.15, 0.2) is 12.4 Å². The molecule has 0 unspecified atom stereocenters. The predicted octanol–water partition coefficient (Wildman–Crippen LogP) is 5.95. The van der Waals surface area contributed by atoms with Gasteiger partial charge in [-0.1, -0.05) is 67.4 Å². The molecule has 1 atom stereocenters. The molecule has 0 radical (unpaired) electrons. The van der Waals surface area contributed by atoms with E-state index < -0.39 is 5.97 Å². The molecule has 0 N–H and O–H groups in total. The van der Waals surface area contributed by atoms with Gasteiger partial charge in [0.25, 0.3) is 0 Å². The van der Waals surface area contributed by atoms with Gasteiger partial charge in [0.1, 0.15) is 0 Å². The lowest BCUT2D eigenvalue weighted by Gasteiger charge is -2.09. The number of rotatable bonds is 7. The van der Waals surface area contributed by atoms with E-state index in [1.165, 1.54) is 17.7 Å². The summed E-state index contributed by atoms with van der Waals surface area (Å²) in [5, 5.41) is 0.943. The summed E-state index contributed by atoms with van der Waals surface area (Å²) in [5.41, 5.74) is 2.35. The fourth-order valence-corrected chi connectivity index (χ4v) is 2.77. The van der Waals surface area contributed by atoms with Gasteiger partial charge in [-0.05, 0) is 41.7 Å². The molecule has 0 aliphatic rings. The molecule has 0 bridgehead atoms. The number of carbonyl (C=O) groups is 2. The number of Topliss-reactive ketones (excluding diaryl/α,β-unsaturated/α-hetero) is 1. The van der Waals surface area contributed by atoms with Crippen LogP contribution >= 0.6 is 23.2 Å². The molecule has 0 fully saturated rings. The van der Waals surface area contributed by atoms with Crippen LogP contribution in [0.25, 0.3) is 6.08 Å². The molecule has 0 heterocycles. The van der Waals surface area contributed by atoms with E-state index in [1.54, 1.807) is 30.3 Å². The van der Waals surface area contributed by atoms with Gasteiger partial charge in [-0.3, -0.25) is 4.79 Å². The van der Waals surface area contributed by atoms with Gasteiger partial charge in [-0.2, -0.15) is 0 Å². The highest BCUT2D eigenvalue weighted by atomic mass is 35.5. The first kappa shape index (κ1) is 20.2. The van der Waals surface area contributed by atoms with Crippen molar-refractivity contribution in [3.8, 4) is 0 Å². The number of esters is 1. The number of hydrogen-bond donors (Lipinski definition) is 0. The number of ketones is 1. The predicted molar refractivity (Wildman–Crippen MR) is 106 cm³/mol. The third-order valence-corrected chi connectivity index (χ3v) is 4.68. The van der Waals surface area contributed by atoms with Crippen molar-refractivity contribution in [1.29, 1.82) is 0 Å². The standard InChI is InChI=1S/C21H20Cl2O3/c1-3-14(2)15-4-6-17(7-5-15)20(24)13-26-21(25)11-9-16-8-10-18(22)12-19(16)23/h4-12,14H,3,13H2,1-2H3/b11-9+/t14-/m0/s1. The first-order valence-corrected chi connectivity index (χ1v) is 9.09. The quantitative estimate of drug-likeness (QED) is 0.333. The van der Waals surface area contributed by atoms with Crippen molar-refractivity contribution in [2.75, 3.05) is 6.61 Å². The molecule has 0 aromatic heterocycles. The second-order valence-corrected chi connectivity index (χ2v) is 6.80. The number of ether oxygens (including phenoxy) is 1. The van der Waals surface area contributed by atoms with Crippen molar-refractivity contribution < 1.29 is 14.3 Å². The summed E-state index contributed by atoms with van der Waals surface area (Å²) in [6, 6.07) is 12.4. The molecule has 2 rings (SSSR count). The SMILES string of the molecule is CC[C@H](C)c1ccc(C(=O)COC(=O)/C=C/c2ccc(Cl)cc2Cl)cc1. The number of halogens is 2. The molecule has 2 aromatic rings. The van der Waals surface area contributed by atoms with Gasteiger partial charge in [0.2, 0.25) is 0 Å². The molecule has 3 nitrogen and oxygen atoms in total. The Labute approximate surface area is 163 Å². The molecule has 0 saturated heterocycles. The smallest absolute Gasteiger partial charge is 0.331 e. The summed E-state index contributed by atoms with van der Waals surface area (Å²) in [4.78, 5) is 23.9. The molecule has 5 heteroatoms. The van der Waals surface area contributed by atoms with Crippen LogP contribution in [0.4, 0.5) is 0 Å². The van der Waals surface area contributed by atoms with Gasteiger partial charge < -0.3 is 4.74 Å². The van der Waals surface area contributed by atoms with E-state index in [0.717, 1.165) is 6.42 Å². The fourth-order valence-electron chi connectivity index (χ4n) is 2.30. The summed E-state index contributed by atoms with van der Waals surface area (Å²) in [6.45, 7) is 3.95. The Hall–Kier alpha value is -2.10. The van der Waals surface area contributed by atoms with E-state index >= 15 is 0 Å². The van der Waals surface area contributed by atoms with Crippen LogP contribution in [-0.4, -0.2) is 18.4 Å². The average molecular weight is 391 g/mol. The first-order chi connectivity index (χ1) is 12.4. The van der Waals surface area contributed by atoms with Crippen molar-refractivity contribution in [1.82, 2.24) is 0 Å². The van der Waals surface area contributed by atoms with Crippen molar-refractivity contribution in [2.24, 2.45) is 0 Å². The Morgan fingerprint density at radius 1 is 1.12 bits per heavy atom. The van der Waals surface area contributed by atoms with Crippen LogP contribution in [0.3, 0.4) is 0 Å². The minimum Gasteiger partial charge on any atom is -0.454 e. The average Bonchev–Trinajstić information content (AvgIpc) is 2.64. The van der Waals surface area contributed by atoms with E-state index in [0.29, 0.717) is 27.1 Å². The highest BCUT2D eigenvalue weighted by Gasteiger charge is 2.10. The van der Waals surface area contributed by atoms with Crippen molar-refractivity contribution in [2.45, 2.75) is 26.2 Å². The summed E-state index contributed by atoms with van der Waals surface area (Å²) >= 11 is 11.8. The lowest BCUT2D eigenvalue weighted by atomic mass is 9.97. The number of hydrogen-bond acceptors (Lipinski definition) is 3. The molecule has 0 saturated carbocycles. The Morgan fingerprint density at radius 2 is 1.81 bits per heavy atom. The molecular formula is C21H20Cl2O3. The van der Waals surface area contributed by atoms with Crippen LogP contribution < -0.4 is 0 Å². The number of benzene rings is 2. The van der Waals surface area contributed by atoms with Crippen molar-refractivity contribution in [3.05, 3.63) is 75.3 Å². The van der Waals surface area contributed by atoms with Crippen molar-refractivity contribution >= 4 is 41.0 Å². The normalized spacial score (nSPS) is 12.2. The molecule has 136 valence electrons. The zero-order chi connectivity index (χ0) is 19.1. The maximum absolute atomic E-state index is 12.1. The van der Waals surface area contributed by atoms with E-state index in [2.05, 4.69) is 13.8 Å². The van der Waals surface area contributed by atoms with Crippen molar-refractivity contribution in [3.63, 3.8) is 0 Å². The maximum atomic E-state index is 12.1. The molecular weight excluding hydrogens is 371 g/mol. The second-order valence-electron chi connectivity index (χ2n) is 5.96. The maximum Gasteiger partial charge on any atom is 0.331 e. The third kappa shape index (κ3) is 5.72. The molecule has 0 aliphatic carbocycles. The van der Waals surface area contributed by atoms with Gasteiger partial charge in [-0.25, -0.2) is 4.79 Å². The van der Waals surface area contributed by atoms with E-state index in [1.807, 2.05) is 12.1 Å². The zero-order valence-electron chi connectivity index (χ0n) is 14.7. The summed E-state index contributed by atoms with van der Waals surface area (Å²) in [7, 11) is 0. The fraction of sp³-hybridized carbons (Fsp3) is 0.238. The first-order valence-electron chi connectivity index (χ1n) is 8.33. The zero-order valence-corrected chi connectivity index (χ0v) is 16.2. The largest absolute Gasteiger partial charge is 0.454 e. The third-order valence-electron chi connectivity index (χ3n) is 4.12. The second kappa shape index (κ2) is 9.56. The van der Waals surface area contributed by atoms with Crippen LogP contribution in [0.15, 0.2) is 48.5 Å². The van der Waals surface area contributed by atoms with Gasteiger partial charge in [0.05, 0.1) is 0 Å². The Bertz CT molecular complexity index is 811. The Morgan fingerprint density at radius 3 is 2.42 bits per heavy atom. The highest BCUT2D eigenvalue weighted by molar-refractivity contribution is 6.35. The minimum absolute atomic E-state index is 0.244. The van der Waals surface area contributed by atoms with E-state index in [9.17, 15) is 9.59 Å². The van der Waals surface area contributed by atoms with Crippen LogP contribution in [0, 0.1) is 0 Å². The summed E-state index contributed by atoms with van der Waals surface area (Å²) in [6.07, 6.45) is 3.79. The lowest BCUT2D eigenvalue weighted by molar-refractivity contribution is -0.136. The summed E-state index contributed by atoms with van der Waals surface area (Å²) in [5.74, 6) is -0.408. The molecule has 2 aromatic carbocycles. The molecule has 26 heavy (non-hydrogen) atoms. The van der Waals surface area contributed by atoms with Gasteiger partial charge in [-0.15, -0.1) is 0 Å². The van der Waals surface area contributed by atoms with Gasteiger partial charge >= 0.3 is 5.97 Å². The van der Waals surface area contributed by atoms with Crippen LogP contribution in [0.2, 0.25) is 10.0 Å². The van der Waals surface area contributed by atoms with E-state index in [-0.39, 0.29) is 12.4 Å². The Kier molecular flexibility index (Phi) is 7.43. The minimum atomic E-state index is -0.611. The molecule has 0 spiro atoms. The van der Waals surface area contributed by atoms with Gasteiger partial charge in [0, 0.05) is 21.7 Å². The molecule has 0 amide bonds. The summed E-state index contributed by atoms with van der Waals surface area (Å²) < 4.78 is 5.00. The monoisotopic (exact) mass is 390 g/mol.